The number of benzene rings is 3. The van der Waals surface area contributed by atoms with E-state index in [9.17, 15) is 9.90 Å². The van der Waals surface area contributed by atoms with Crippen molar-refractivity contribution >= 4 is 34.4 Å². The zero-order chi connectivity index (χ0) is 21.4. The summed E-state index contributed by atoms with van der Waals surface area (Å²) in [6.07, 6.45) is 1.10. The van der Waals surface area contributed by atoms with Crippen LogP contribution in [0.25, 0.3) is 0 Å². The number of aliphatic hydroxyl groups is 1. The van der Waals surface area contributed by atoms with E-state index in [-0.39, 0.29) is 5.92 Å². The predicted octanol–water partition coefficient (Wildman–Crippen LogP) is 5.81. The lowest BCUT2D eigenvalue weighted by atomic mass is 9.71. The van der Waals surface area contributed by atoms with Gasteiger partial charge in [-0.05, 0) is 46.9 Å². The molecule has 4 nitrogen and oxygen atoms in total. The van der Waals surface area contributed by atoms with Gasteiger partial charge in [0.05, 0.1) is 5.69 Å². The summed E-state index contributed by atoms with van der Waals surface area (Å²) < 4.78 is 7.15. The van der Waals surface area contributed by atoms with Crippen molar-refractivity contribution in [3.8, 4) is 0 Å². The van der Waals surface area contributed by atoms with Crippen LogP contribution in [0.5, 0.6) is 0 Å². The molecule has 0 unspecified atom stereocenters. The van der Waals surface area contributed by atoms with E-state index in [1.165, 1.54) is 4.90 Å². The van der Waals surface area contributed by atoms with Crippen LogP contribution in [0.15, 0.2) is 97.6 Å². The lowest BCUT2D eigenvalue weighted by Crippen LogP contribution is -2.57. The molecule has 1 heterocycles. The molecule has 3 atom stereocenters. The van der Waals surface area contributed by atoms with Gasteiger partial charge in [-0.3, -0.25) is 0 Å². The highest BCUT2D eigenvalue weighted by molar-refractivity contribution is 14.1. The van der Waals surface area contributed by atoms with Gasteiger partial charge < -0.3 is 9.84 Å². The van der Waals surface area contributed by atoms with Gasteiger partial charge in [0.1, 0.15) is 0 Å². The Labute approximate surface area is 189 Å². The van der Waals surface area contributed by atoms with Gasteiger partial charge in [-0.2, -0.15) is 0 Å². The summed E-state index contributed by atoms with van der Waals surface area (Å²) in [4.78, 5) is 14.7. The number of amides is 1. The van der Waals surface area contributed by atoms with Gasteiger partial charge >= 0.3 is 6.09 Å². The maximum atomic E-state index is 13.4. The fourth-order valence-electron chi connectivity index (χ4n) is 4.23. The molecule has 1 aliphatic rings. The quantitative estimate of drug-likeness (QED) is 0.348. The normalized spacial score (nSPS) is 24.4. The minimum Gasteiger partial charge on any atom is -0.431 e. The third kappa shape index (κ3) is 2.96. The molecular formula is C25H22INO3. The Hall–Kier alpha value is -2.64. The number of halogens is 1. The molecule has 5 heteroatoms. The number of carbonyl (C=O) groups is 1. The molecule has 3 aromatic carbocycles. The minimum atomic E-state index is -1.80. The highest BCUT2D eigenvalue weighted by Crippen LogP contribution is 2.56. The van der Waals surface area contributed by atoms with Gasteiger partial charge in [-0.25, -0.2) is 9.69 Å². The van der Waals surface area contributed by atoms with Crippen LogP contribution in [0, 0.1) is 9.49 Å². The van der Waals surface area contributed by atoms with Crippen LogP contribution in [0.2, 0.25) is 0 Å². The van der Waals surface area contributed by atoms with Crippen molar-refractivity contribution in [3.63, 3.8) is 0 Å². The lowest BCUT2D eigenvalue weighted by molar-refractivity contribution is -0.139. The molecular weight excluding hydrogens is 489 g/mol. The van der Waals surface area contributed by atoms with Crippen molar-refractivity contribution in [2.75, 3.05) is 4.90 Å². The van der Waals surface area contributed by atoms with Gasteiger partial charge in [-0.15, -0.1) is 6.58 Å². The first-order valence-corrected chi connectivity index (χ1v) is 10.8. The Morgan fingerprint density at radius 2 is 1.50 bits per heavy atom. The molecule has 3 aromatic rings. The molecule has 152 valence electrons. The van der Waals surface area contributed by atoms with Crippen molar-refractivity contribution in [1.29, 1.82) is 0 Å². The van der Waals surface area contributed by atoms with Gasteiger partial charge in [0.25, 0.3) is 0 Å². The molecule has 1 amide bonds. The van der Waals surface area contributed by atoms with Crippen LogP contribution < -0.4 is 4.90 Å². The molecule has 0 spiro atoms. The molecule has 4 rings (SSSR count). The topological polar surface area (TPSA) is 49.8 Å². The molecule has 1 N–H and O–H groups in total. The maximum Gasteiger partial charge on any atom is 0.418 e. The lowest BCUT2D eigenvalue weighted by Gasteiger charge is -2.45. The summed E-state index contributed by atoms with van der Waals surface area (Å²) in [6, 6.07) is 26.0. The van der Waals surface area contributed by atoms with Gasteiger partial charge in [0.15, 0.2) is 5.60 Å². The molecule has 30 heavy (non-hydrogen) atoms. The SMILES string of the molecule is C=C[C@H](C)[C@]1(c2ccccc2)OC(=O)N(c2ccc(I)cc2)[C@@]1(O)c1ccccc1. The third-order valence-electron chi connectivity index (χ3n) is 5.73. The second-order valence-corrected chi connectivity index (χ2v) is 8.59. The van der Waals surface area contributed by atoms with Gasteiger partial charge in [-0.1, -0.05) is 73.7 Å². The molecule has 0 aromatic heterocycles. The zero-order valence-electron chi connectivity index (χ0n) is 16.5. The first-order chi connectivity index (χ1) is 14.4. The number of anilines is 1. The van der Waals surface area contributed by atoms with E-state index < -0.39 is 17.4 Å². The maximum absolute atomic E-state index is 13.4. The first kappa shape index (κ1) is 20.6. The van der Waals surface area contributed by atoms with E-state index in [2.05, 4.69) is 29.2 Å². The number of rotatable bonds is 5. The standard InChI is InChI=1S/C25H22INO3/c1-3-18(2)24(19-10-6-4-7-11-19)25(29,20-12-8-5-9-13-20)27(23(28)30-24)22-16-14-21(26)15-17-22/h3-18,29H,1H2,2H3/t18-,24+,25+/m0/s1. The van der Waals surface area contributed by atoms with Crippen LogP contribution in [0.1, 0.15) is 18.1 Å². The smallest absolute Gasteiger partial charge is 0.418 e. The van der Waals surface area contributed by atoms with Crippen molar-refractivity contribution in [3.05, 3.63) is 112 Å². The fourth-order valence-corrected chi connectivity index (χ4v) is 4.59. The molecule has 0 bridgehead atoms. The Morgan fingerprint density at radius 1 is 0.967 bits per heavy atom. The number of nitrogens with zero attached hydrogens (tertiary/aromatic N) is 1. The Morgan fingerprint density at radius 3 is 2.03 bits per heavy atom. The van der Waals surface area contributed by atoms with Crippen LogP contribution in [0.3, 0.4) is 0 Å². The Kier molecular flexibility index (Phi) is 5.42. The van der Waals surface area contributed by atoms with E-state index in [1.807, 2.05) is 91.9 Å². The van der Waals surface area contributed by atoms with Crippen LogP contribution in [-0.2, 0) is 16.1 Å². The summed E-state index contributed by atoms with van der Waals surface area (Å²) in [5, 5.41) is 12.5. The number of hydrogen-bond acceptors (Lipinski definition) is 3. The highest BCUT2D eigenvalue weighted by Gasteiger charge is 2.68. The van der Waals surface area contributed by atoms with Gasteiger partial charge in [0.2, 0.25) is 5.72 Å². The number of cyclic esters (lactones) is 1. The summed E-state index contributed by atoms with van der Waals surface area (Å²) in [7, 11) is 0. The van der Waals surface area contributed by atoms with Crippen molar-refractivity contribution in [2.45, 2.75) is 18.2 Å². The second kappa shape index (κ2) is 7.89. The number of ether oxygens (including phenoxy) is 1. The predicted molar refractivity (Wildman–Crippen MR) is 126 cm³/mol. The molecule has 1 fully saturated rings. The minimum absolute atomic E-state index is 0.386. The average molecular weight is 511 g/mol. The molecule has 1 aliphatic heterocycles. The Bertz CT molecular complexity index is 1050. The second-order valence-electron chi connectivity index (χ2n) is 7.34. The summed E-state index contributed by atoms with van der Waals surface area (Å²) >= 11 is 2.21. The number of hydrogen-bond donors (Lipinski definition) is 1. The summed E-state index contributed by atoms with van der Waals surface area (Å²) in [6.45, 7) is 5.85. The largest absolute Gasteiger partial charge is 0.431 e. The Balaban J connectivity index is 2.06. The van der Waals surface area contributed by atoms with Crippen molar-refractivity contribution in [2.24, 2.45) is 5.92 Å². The summed E-state index contributed by atoms with van der Waals surface area (Å²) in [5.41, 5.74) is -1.37. The summed E-state index contributed by atoms with van der Waals surface area (Å²) in [5.74, 6) is -0.386. The van der Waals surface area contributed by atoms with E-state index in [1.54, 1.807) is 6.08 Å². The zero-order valence-corrected chi connectivity index (χ0v) is 18.7. The van der Waals surface area contributed by atoms with Crippen molar-refractivity contribution < 1.29 is 14.6 Å². The van der Waals surface area contributed by atoms with E-state index in [0.717, 1.165) is 3.57 Å². The monoisotopic (exact) mass is 511 g/mol. The van der Waals surface area contributed by atoms with Crippen LogP contribution >= 0.6 is 22.6 Å². The molecule has 0 aliphatic carbocycles. The highest BCUT2D eigenvalue weighted by atomic mass is 127. The first-order valence-electron chi connectivity index (χ1n) is 9.70. The van der Waals surface area contributed by atoms with E-state index in [4.69, 9.17) is 4.74 Å². The van der Waals surface area contributed by atoms with E-state index in [0.29, 0.717) is 16.8 Å². The van der Waals surface area contributed by atoms with Gasteiger partial charge in [0, 0.05) is 20.6 Å². The fraction of sp³-hybridized carbons (Fsp3) is 0.160. The molecule has 0 saturated carbocycles. The average Bonchev–Trinajstić information content (AvgIpc) is 3.03. The molecule has 1 saturated heterocycles. The molecule has 0 radical (unpaired) electrons. The van der Waals surface area contributed by atoms with Crippen LogP contribution in [0.4, 0.5) is 10.5 Å². The third-order valence-corrected chi connectivity index (χ3v) is 6.45. The van der Waals surface area contributed by atoms with Crippen molar-refractivity contribution in [1.82, 2.24) is 0 Å². The van der Waals surface area contributed by atoms with Crippen LogP contribution in [-0.4, -0.2) is 11.2 Å². The van der Waals surface area contributed by atoms with E-state index >= 15 is 0 Å². The number of carbonyl (C=O) groups excluding carboxylic acids is 1.